The Hall–Kier alpha value is -1.27. The summed E-state index contributed by atoms with van der Waals surface area (Å²) in [6.07, 6.45) is -5.88. The maximum Gasteiger partial charge on any atom is 0.418 e. The van der Waals surface area contributed by atoms with Gasteiger partial charge in [-0.1, -0.05) is 6.07 Å². The van der Waals surface area contributed by atoms with E-state index in [0.717, 1.165) is 5.56 Å². The molecular weight excluding hydrogens is 261 g/mol. The summed E-state index contributed by atoms with van der Waals surface area (Å²) in [5.74, 6) is 0.662. The highest BCUT2D eigenvalue weighted by molar-refractivity contribution is 5.40. The fraction of sp³-hybridized carbons (Fsp3) is 0.538. The summed E-state index contributed by atoms with van der Waals surface area (Å²) < 4.78 is 54.2. The van der Waals surface area contributed by atoms with E-state index in [-0.39, 0.29) is 18.3 Å². The highest BCUT2D eigenvalue weighted by atomic mass is 19.4. The van der Waals surface area contributed by atoms with Crippen molar-refractivity contribution in [2.75, 3.05) is 19.8 Å². The van der Waals surface area contributed by atoms with Crippen molar-refractivity contribution in [1.29, 1.82) is 0 Å². The van der Waals surface area contributed by atoms with Gasteiger partial charge in [-0.3, -0.25) is 0 Å². The number of epoxide rings is 1. The van der Waals surface area contributed by atoms with E-state index in [1.54, 1.807) is 6.07 Å². The lowest BCUT2D eigenvalue weighted by Gasteiger charge is -2.21. The Labute approximate surface area is 108 Å². The largest absolute Gasteiger partial charge is 0.493 e. The first kappa shape index (κ1) is 12.7. The van der Waals surface area contributed by atoms with Gasteiger partial charge in [0.1, 0.15) is 11.9 Å². The molecule has 0 bridgehead atoms. The van der Waals surface area contributed by atoms with Crippen molar-refractivity contribution in [1.82, 2.24) is 0 Å². The predicted molar refractivity (Wildman–Crippen MR) is 60.1 cm³/mol. The normalized spacial score (nSPS) is 22.8. The second kappa shape index (κ2) is 4.68. The summed E-state index contributed by atoms with van der Waals surface area (Å²) in [5.41, 5.74) is 0.926. The average Bonchev–Trinajstić information content (AvgIpc) is 3.04. The van der Waals surface area contributed by atoms with Gasteiger partial charge >= 0.3 is 6.18 Å². The monoisotopic (exact) mass is 274 g/mol. The van der Waals surface area contributed by atoms with Gasteiger partial charge in [-0.15, -0.1) is 0 Å². The molecule has 0 N–H and O–H groups in total. The molecule has 0 radical (unpaired) electrons. The Balaban J connectivity index is 1.81. The van der Waals surface area contributed by atoms with Crippen molar-refractivity contribution >= 4 is 0 Å². The van der Waals surface area contributed by atoms with Crippen LogP contribution in [0.1, 0.15) is 17.2 Å². The van der Waals surface area contributed by atoms with E-state index in [4.69, 9.17) is 14.2 Å². The van der Waals surface area contributed by atoms with E-state index in [2.05, 4.69) is 0 Å². The van der Waals surface area contributed by atoms with Crippen molar-refractivity contribution in [3.63, 3.8) is 0 Å². The van der Waals surface area contributed by atoms with E-state index >= 15 is 0 Å². The lowest BCUT2D eigenvalue weighted by Crippen LogP contribution is -2.25. The SMILES string of the molecule is FC(F)(F)C(OCC1CO1)c1ccc2c(c1)CCO2. The minimum absolute atomic E-state index is 0.0300. The van der Waals surface area contributed by atoms with Crippen LogP contribution in [0.2, 0.25) is 0 Å². The summed E-state index contributed by atoms with van der Waals surface area (Å²) in [7, 11) is 0. The average molecular weight is 274 g/mol. The fourth-order valence-corrected chi connectivity index (χ4v) is 2.12. The van der Waals surface area contributed by atoms with Gasteiger partial charge < -0.3 is 14.2 Å². The highest BCUT2D eigenvalue weighted by Gasteiger charge is 2.43. The van der Waals surface area contributed by atoms with Gasteiger partial charge in [0.25, 0.3) is 0 Å². The molecule has 1 fully saturated rings. The van der Waals surface area contributed by atoms with Crippen LogP contribution in [0.15, 0.2) is 18.2 Å². The Morgan fingerprint density at radius 2 is 2.16 bits per heavy atom. The van der Waals surface area contributed by atoms with Crippen LogP contribution in [0.3, 0.4) is 0 Å². The molecule has 0 saturated carbocycles. The molecule has 3 rings (SSSR count). The molecule has 2 unspecified atom stereocenters. The number of rotatable bonds is 4. The second-order valence-electron chi connectivity index (χ2n) is 4.68. The third-order valence-electron chi connectivity index (χ3n) is 3.16. The van der Waals surface area contributed by atoms with E-state index in [9.17, 15) is 13.2 Å². The molecule has 19 heavy (non-hydrogen) atoms. The summed E-state index contributed by atoms with van der Waals surface area (Å²) >= 11 is 0. The molecule has 2 atom stereocenters. The zero-order valence-corrected chi connectivity index (χ0v) is 10.1. The predicted octanol–water partition coefficient (Wildman–Crippen LogP) is 2.64. The maximum absolute atomic E-state index is 13.0. The van der Waals surface area contributed by atoms with Crippen molar-refractivity contribution < 1.29 is 27.4 Å². The van der Waals surface area contributed by atoms with Gasteiger partial charge in [-0.25, -0.2) is 0 Å². The number of hydrogen-bond acceptors (Lipinski definition) is 3. The van der Waals surface area contributed by atoms with Crippen LogP contribution in [0.25, 0.3) is 0 Å². The number of alkyl halides is 3. The molecule has 0 aliphatic carbocycles. The van der Waals surface area contributed by atoms with E-state index < -0.39 is 12.3 Å². The minimum atomic E-state index is -4.43. The molecular formula is C13H13F3O3. The van der Waals surface area contributed by atoms with Crippen LogP contribution >= 0.6 is 0 Å². The number of hydrogen-bond donors (Lipinski definition) is 0. The highest BCUT2D eigenvalue weighted by Crippen LogP contribution is 2.38. The van der Waals surface area contributed by atoms with E-state index in [0.29, 0.717) is 25.4 Å². The summed E-state index contributed by atoms with van der Waals surface area (Å²) in [6, 6.07) is 4.51. The smallest absolute Gasteiger partial charge is 0.418 e. The van der Waals surface area contributed by atoms with Crippen LogP contribution < -0.4 is 4.74 Å². The Morgan fingerprint density at radius 3 is 2.84 bits per heavy atom. The number of halogens is 3. The van der Waals surface area contributed by atoms with Gasteiger partial charge in [0, 0.05) is 6.42 Å². The number of fused-ring (bicyclic) bond motifs is 1. The van der Waals surface area contributed by atoms with Crippen LogP contribution in [0.4, 0.5) is 13.2 Å². The first-order chi connectivity index (χ1) is 9.04. The summed E-state index contributed by atoms with van der Waals surface area (Å²) in [4.78, 5) is 0. The molecule has 2 heterocycles. The molecule has 6 heteroatoms. The van der Waals surface area contributed by atoms with Gasteiger partial charge in [-0.05, 0) is 23.3 Å². The molecule has 1 aromatic carbocycles. The van der Waals surface area contributed by atoms with Crippen molar-refractivity contribution in [3.8, 4) is 5.75 Å². The molecule has 0 spiro atoms. The first-order valence-corrected chi connectivity index (χ1v) is 6.09. The Bertz CT molecular complexity index is 469. The molecule has 1 aromatic rings. The van der Waals surface area contributed by atoms with Crippen LogP contribution in [-0.2, 0) is 15.9 Å². The molecule has 3 nitrogen and oxygen atoms in total. The lowest BCUT2D eigenvalue weighted by atomic mass is 10.0. The summed E-state index contributed by atoms with van der Waals surface area (Å²) in [6.45, 7) is 0.965. The zero-order valence-electron chi connectivity index (χ0n) is 10.1. The minimum Gasteiger partial charge on any atom is -0.493 e. The molecule has 2 aliphatic rings. The van der Waals surface area contributed by atoms with Gasteiger partial charge in [0.15, 0.2) is 6.10 Å². The van der Waals surface area contributed by atoms with Crippen molar-refractivity contribution in [3.05, 3.63) is 29.3 Å². The van der Waals surface area contributed by atoms with Crippen LogP contribution in [0.5, 0.6) is 5.75 Å². The molecule has 2 aliphatic heterocycles. The zero-order chi connectivity index (χ0) is 13.5. The van der Waals surface area contributed by atoms with Gasteiger partial charge in [0.2, 0.25) is 0 Å². The quantitative estimate of drug-likeness (QED) is 0.791. The molecule has 104 valence electrons. The van der Waals surface area contributed by atoms with Crippen LogP contribution in [0, 0.1) is 0 Å². The Kier molecular flexibility index (Phi) is 3.14. The molecule has 0 aromatic heterocycles. The summed E-state index contributed by atoms with van der Waals surface area (Å²) in [5, 5.41) is 0. The van der Waals surface area contributed by atoms with Crippen LogP contribution in [-0.4, -0.2) is 32.1 Å². The fourth-order valence-electron chi connectivity index (χ4n) is 2.12. The van der Waals surface area contributed by atoms with Crippen molar-refractivity contribution in [2.45, 2.75) is 24.8 Å². The number of benzene rings is 1. The standard InChI is InChI=1S/C13H13F3O3/c14-13(15,16)12(19-7-10-6-18-10)9-1-2-11-8(5-9)3-4-17-11/h1-2,5,10,12H,3-4,6-7H2. The number of ether oxygens (including phenoxy) is 3. The maximum atomic E-state index is 13.0. The second-order valence-corrected chi connectivity index (χ2v) is 4.68. The van der Waals surface area contributed by atoms with Gasteiger partial charge in [0.05, 0.1) is 19.8 Å². The molecule has 0 amide bonds. The van der Waals surface area contributed by atoms with Crippen molar-refractivity contribution in [2.24, 2.45) is 0 Å². The topological polar surface area (TPSA) is 31.0 Å². The lowest BCUT2D eigenvalue weighted by molar-refractivity contribution is -0.224. The third-order valence-corrected chi connectivity index (χ3v) is 3.16. The first-order valence-electron chi connectivity index (χ1n) is 6.09. The Morgan fingerprint density at radius 1 is 1.37 bits per heavy atom. The third kappa shape index (κ3) is 2.84. The van der Waals surface area contributed by atoms with Gasteiger partial charge in [-0.2, -0.15) is 13.2 Å². The molecule has 1 saturated heterocycles. The van der Waals surface area contributed by atoms with E-state index in [1.807, 2.05) is 0 Å². The van der Waals surface area contributed by atoms with E-state index in [1.165, 1.54) is 12.1 Å².